The molecule has 0 radical (unpaired) electrons. The third-order valence-corrected chi connectivity index (χ3v) is 8.31. The Balaban J connectivity index is 1.39. The summed E-state index contributed by atoms with van der Waals surface area (Å²) < 4.78 is 11.0. The predicted molar refractivity (Wildman–Crippen MR) is 191 cm³/mol. The lowest BCUT2D eigenvalue weighted by Crippen LogP contribution is -2.30. The van der Waals surface area contributed by atoms with Crippen LogP contribution < -0.4 is 25.4 Å². The van der Waals surface area contributed by atoms with E-state index in [4.69, 9.17) is 9.47 Å². The molecule has 1 unspecified atom stereocenters. The molecular formula is C39H35N3O5S. The molecule has 5 rings (SSSR count). The Kier molecular flexibility index (Phi) is 11.7. The Hall–Kier alpha value is -5.80. The first-order valence-corrected chi connectivity index (χ1v) is 16.2. The lowest BCUT2D eigenvalue weighted by molar-refractivity contribution is -0.116. The molecule has 0 spiro atoms. The number of methoxy groups -OCH3 is 1. The zero-order valence-corrected chi connectivity index (χ0v) is 27.3. The normalized spacial score (nSPS) is 11.6. The standard InChI is InChI=1S/C39H35N3O5S/c1-3-47-35-23-11-10-22-33(35)41-39(45)36(28-15-6-4-7-16-28)48-32-21-13-19-30(26-32)40-38(44)34(25-27-14-12-20-31(24-27)46-2)42-37(43)29-17-8-5-9-18-29/h4-26,36H,3H2,1-2H3,(H,40,44)(H,41,45)(H,42,43)/b34-25-. The monoisotopic (exact) mass is 657 g/mol. The molecular weight excluding hydrogens is 623 g/mol. The van der Waals surface area contributed by atoms with Crippen LogP contribution in [0.5, 0.6) is 11.5 Å². The topological polar surface area (TPSA) is 106 Å². The lowest BCUT2D eigenvalue weighted by atomic mass is 10.1. The highest BCUT2D eigenvalue weighted by atomic mass is 32.2. The zero-order valence-electron chi connectivity index (χ0n) is 26.5. The summed E-state index contributed by atoms with van der Waals surface area (Å²) in [7, 11) is 1.56. The number of anilines is 2. The van der Waals surface area contributed by atoms with Crippen molar-refractivity contribution in [3.05, 3.63) is 156 Å². The first kappa shape index (κ1) is 33.6. The van der Waals surface area contributed by atoms with Gasteiger partial charge in [0.15, 0.2) is 0 Å². The van der Waals surface area contributed by atoms with Crippen LogP contribution in [0.15, 0.2) is 144 Å². The largest absolute Gasteiger partial charge is 0.497 e. The minimum absolute atomic E-state index is 0.0460. The van der Waals surface area contributed by atoms with Crippen molar-refractivity contribution in [2.24, 2.45) is 0 Å². The van der Waals surface area contributed by atoms with Gasteiger partial charge in [0.25, 0.3) is 11.8 Å². The van der Waals surface area contributed by atoms with E-state index in [-0.39, 0.29) is 11.6 Å². The molecule has 0 aliphatic rings. The van der Waals surface area contributed by atoms with E-state index in [0.29, 0.717) is 40.6 Å². The van der Waals surface area contributed by atoms with E-state index in [9.17, 15) is 14.4 Å². The SMILES string of the molecule is CCOc1ccccc1NC(=O)C(Sc1cccc(NC(=O)/C(=C/c2cccc(OC)c2)NC(=O)c2ccccc2)c1)c1ccccc1. The molecule has 0 fully saturated rings. The van der Waals surface area contributed by atoms with Gasteiger partial charge in [-0.05, 0) is 78.7 Å². The van der Waals surface area contributed by atoms with E-state index in [2.05, 4.69) is 16.0 Å². The summed E-state index contributed by atoms with van der Waals surface area (Å²) in [4.78, 5) is 41.3. The molecule has 0 aromatic heterocycles. The Labute approximate surface area is 284 Å². The van der Waals surface area contributed by atoms with Crippen LogP contribution in [-0.4, -0.2) is 31.4 Å². The zero-order chi connectivity index (χ0) is 33.7. The summed E-state index contributed by atoms with van der Waals surface area (Å²) in [5.74, 6) is 0.0360. The van der Waals surface area contributed by atoms with Gasteiger partial charge in [0.2, 0.25) is 5.91 Å². The van der Waals surface area contributed by atoms with Crippen LogP contribution in [0.2, 0.25) is 0 Å². The second-order valence-electron chi connectivity index (χ2n) is 10.5. The van der Waals surface area contributed by atoms with Crippen molar-refractivity contribution >= 4 is 46.9 Å². The second kappa shape index (κ2) is 16.7. The van der Waals surface area contributed by atoms with Crippen molar-refractivity contribution in [2.45, 2.75) is 17.1 Å². The summed E-state index contributed by atoms with van der Waals surface area (Å²) in [6.07, 6.45) is 1.59. The first-order valence-electron chi connectivity index (χ1n) is 15.3. The van der Waals surface area contributed by atoms with Crippen LogP contribution in [-0.2, 0) is 9.59 Å². The van der Waals surface area contributed by atoms with Gasteiger partial charge in [0.05, 0.1) is 19.4 Å². The third kappa shape index (κ3) is 9.14. The quantitative estimate of drug-likeness (QED) is 0.0876. The second-order valence-corrected chi connectivity index (χ2v) is 11.6. The molecule has 0 saturated heterocycles. The van der Waals surface area contributed by atoms with Gasteiger partial charge in [-0.2, -0.15) is 0 Å². The molecule has 0 bridgehead atoms. The lowest BCUT2D eigenvalue weighted by Gasteiger charge is -2.19. The number of carbonyl (C=O) groups excluding carboxylic acids is 3. The molecule has 3 N–H and O–H groups in total. The fourth-order valence-corrected chi connectivity index (χ4v) is 5.86. The van der Waals surface area contributed by atoms with Crippen LogP contribution >= 0.6 is 11.8 Å². The maximum atomic E-state index is 13.8. The molecule has 48 heavy (non-hydrogen) atoms. The maximum absolute atomic E-state index is 13.8. The predicted octanol–water partition coefficient (Wildman–Crippen LogP) is 7.98. The number of carbonyl (C=O) groups is 3. The summed E-state index contributed by atoms with van der Waals surface area (Å²) in [5.41, 5.74) is 3.01. The van der Waals surface area contributed by atoms with Gasteiger partial charge in [0, 0.05) is 16.1 Å². The molecule has 242 valence electrons. The van der Waals surface area contributed by atoms with Gasteiger partial charge in [-0.25, -0.2) is 0 Å². The van der Waals surface area contributed by atoms with Crippen molar-refractivity contribution in [2.75, 3.05) is 24.4 Å². The average Bonchev–Trinajstić information content (AvgIpc) is 3.12. The van der Waals surface area contributed by atoms with Crippen molar-refractivity contribution in [1.29, 1.82) is 0 Å². The Morgan fingerprint density at radius 2 is 1.48 bits per heavy atom. The Bertz CT molecular complexity index is 1900. The molecule has 3 amide bonds. The van der Waals surface area contributed by atoms with E-state index in [1.807, 2.05) is 73.7 Å². The van der Waals surface area contributed by atoms with Gasteiger partial charge >= 0.3 is 0 Å². The molecule has 0 saturated carbocycles. The maximum Gasteiger partial charge on any atom is 0.272 e. The van der Waals surface area contributed by atoms with E-state index in [0.717, 1.165) is 10.5 Å². The van der Waals surface area contributed by atoms with E-state index < -0.39 is 17.1 Å². The molecule has 8 nitrogen and oxygen atoms in total. The molecule has 0 heterocycles. The van der Waals surface area contributed by atoms with Crippen molar-refractivity contribution in [3.63, 3.8) is 0 Å². The number of amides is 3. The number of para-hydroxylation sites is 2. The van der Waals surface area contributed by atoms with Gasteiger partial charge < -0.3 is 25.4 Å². The summed E-state index contributed by atoms with van der Waals surface area (Å²) in [6, 6.07) is 39.9. The number of benzene rings is 5. The van der Waals surface area contributed by atoms with Gasteiger partial charge in [-0.15, -0.1) is 11.8 Å². The number of hydrogen-bond donors (Lipinski definition) is 3. The summed E-state index contributed by atoms with van der Waals surface area (Å²) in [6.45, 7) is 2.36. The highest BCUT2D eigenvalue weighted by Gasteiger charge is 2.24. The third-order valence-electron chi connectivity index (χ3n) is 7.06. The molecule has 5 aromatic carbocycles. The van der Waals surface area contributed by atoms with E-state index >= 15 is 0 Å². The van der Waals surface area contributed by atoms with Gasteiger partial charge in [0.1, 0.15) is 22.4 Å². The number of hydrogen-bond acceptors (Lipinski definition) is 6. The number of ether oxygens (including phenoxy) is 2. The van der Waals surface area contributed by atoms with Crippen LogP contribution in [0.1, 0.15) is 33.7 Å². The van der Waals surface area contributed by atoms with Crippen LogP contribution in [0.4, 0.5) is 11.4 Å². The highest BCUT2D eigenvalue weighted by Crippen LogP contribution is 2.38. The Morgan fingerprint density at radius 1 is 0.771 bits per heavy atom. The van der Waals surface area contributed by atoms with Crippen molar-refractivity contribution in [3.8, 4) is 11.5 Å². The molecule has 1 atom stereocenters. The fraction of sp³-hybridized carbons (Fsp3) is 0.103. The number of thioether (sulfide) groups is 1. The molecule has 5 aromatic rings. The van der Waals surface area contributed by atoms with Crippen LogP contribution in [0.25, 0.3) is 6.08 Å². The first-order chi connectivity index (χ1) is 23.4. The van der Waals surface area contributed by atoms with Crippen molar-refractivity contribution < 1.29 is 23.9 Å². The number of nitrogens with one attached hydrogen (secondary N) is 3. The van der Waals surface area contributed by atoms with E-state index in [1.54, 1.807) is 79.9 Å². The van der Waals surface area contributed by atoms with Crippen LogP contribution in [0.3, 0.4) is 0 Å². The van der Waals surface area contributed by atoms with Gasteiger partial charge in [-0.3, -0.25) is 14.4 Å². The summed E-state index contributed by atoms with van der Waals surface area (Å²) in [5, 5.41) is 8.09. The van der Waals surface area contributed by atoms with Gasteiger partial charge in [-0.1, -0.05) is 78.9 Å². The smallest absolute Gasteiger partial charge is 0.272 e. The summed E-state index contributed by atoms with van der Waals surface area (Å²) >= 11 is 1.35. The minimum Gasteiger partial charge on any atom is -0.497 e. The minimum atomic E-state index is -0.611. The van der Waals surface area contributed by atoms with Crippen molar-refractivity contribution in [1.82, 2.24) is 5.32 Å². The van der Waals surface area contributed by atoms with Crippen LogP contribution in [0, 0.1) is 0 Å². The molecule has 9 heteroatoms. The fourth-order valence-electron chi connectivity index (χ4n) is 4.77. The molecule has 0 aliphatic carbocycles. The molecule has 0 aliphatic heterocycles. The van der Waals surface area contributed by atoms with E-state index in [1.165, 1.54) is 11.8 Å². The highest BCUT2D eigenvalue weighted by molar-refractivity contribution is 8.00. The Morgan fingerprint density at radius 3 is 2.23 bits per heavy atom. The average molecular weight is 658 g/mol. The number of rotatable bonds is 13.